The van der Waals surface area contributed by atoms with Gasteiger partial charge in [-0.15, -0.1) is 0 Å². The van der Waals surface area contributed by atoms with E-state index in [2.05, 4.69) is 0 Å². The Bertz CT molecular complexity index is 794. The molecule has 3 aromatic rings. The van der Waals surface area contributed by atoms with Crippen LogP contribution in [0.1, 0.15) is 11.1 Å². The Morgan fingerprint density at radius 3 is 1.41 bits per heavy atom. The lowest BCUT2D eigenvalue weighted by atomic mass is 10.2. The van der Waals surface area contributed by atoms with Gasteiger partial charge in [0.1, 0.15) is 0 Å². The minimum atomic E-state index is -0.0933. The first-order chi connectivity index (χ1) is 10.4. The molecule has 0 saturated heterocycles. The van der Waals surface area contributed by atoms with E-state index in [4.69, 9.17) is 0 Å². The number of aromatic hydroxyl groups is 4. The quantitative estimate of drug-likeness (QED) is 0.585. The average molecular weight is 300 g/mol. The van der Waals surface area contributed by atoms with Crippen molar-refractivity contribution in [3.05, 3.63) is 47.5 Å². The maximum absolute atomic E-state index is 10.0. The van der Waals surface area contributed by atoms with Gasteiger partial charge in [-0.1, -0.05) is 6.07 Å². The molecular formula is C16H16N2O4. The van der Waals surface area contributed by atoms with Crippen molar-refractivity contribution in [3.63, 3.8) is 0 Å². The number of benzene rings is 1. The summed E-state index contributed by atoms with van der Waals surface area (Å²) in [6.07, 6.45) is 0. The van der Waals surface area contributed by atoms with Crippen molar-refractivity contribution in [1.29, 1.82) is 0 Å². The fourth-order valence-corrected chi connectivity index (χ4v) is 2.50. The molecule has 114 valence electrons. The topological polar surface area (TPSA) is 90.8 Å². The van der Waals surface area contributed by atoms with E-state index in [0.717, 1.165) is 0 Å². The predicted molar refractivity (Wildman–Crippen MR) is 81.2 cm³/mol. The number of aromatic nitrogens is 2. The fourth-order valence-electron chi connectivity index (χ4n) is 2.50. The zero-order valence-electron chi connectivity index (χ0n) is 12.1. The van der Waals surface area contributed by atoms with E-state index in [1.807, 2.05) is 0 Å². The summed E-state index contributed by atoms with van der Waals surface area (Å²) in [5, 5.41) is 40.0. The van der Waals surface area contributed by atoms with Gasteiger partial charge >= 0.3 is 0 Å². The van der Waals surface area contributed by atoms with E-state index in [-0.39, 0.29) is 23.5 Å². The molecule has 22 heavy (non-hydrogen) atoms. The molecule has 0 amide bonds. The monoisotopic (exact) mass is 300 g/mol. The van der Waals surface area contributed by atoms with Crippen molar-refractivity contribution in [2.24, 2.45) is 0 Å². The Morgan fingerprint density at radius 2 is 1.09 bits per heavy atom. The summed E-state index contributed by atoms with van der Waals surface area (Å²) in [6.45, 7) is 3.37. The molecule has 0 aliphatic carbocycles. The van der Waals surface area contributed by atoms with E-state index in [0.29, 0.717) is 22.5 Å². The highest BCUT2D eigenvalue weighted by Crippen LogP contribution is 2.34. The highest BCUT2D eigenvalue weighted by Gasteiger charge is 2.16. The summed E-state index contributed by atoms with van der Waals surface area (Å²) in [5.41, 5.74) is 2.10. The Balaban J connectivity index is 2.18. The molecule has 0 aliphatic heterocycles. The lowest BCUT2D eigenvalue weighted by Gasteiger charge is -2.11. The van der Waals surface area contributed by atoms with Crippen LogP contribution < -0.4 is 0 Å². The van der Waals surface area contributed by atoms with E-state index < -0.39 is 0 Å². The third kappa shape index (κ3) is 1.96. The summed E-state index contributed by atoms with van der Waals surface area (Å²) in [7, 11) is 0. The molecule has 3 rings (SSSR count). The van der Waals surface area contributed by atoms with E-state index >= 15 is 0 Å². The smallest absolute Gasteiger partial charge is 0.201 e. The molecule has 0 unspecified atom stereocenters. The summed E-state index contributed by atoms with van der Waals surface area (Å²) in [6, 6.07) is 9.65. The molecule has 0 saturated carbocycles. The Kier molecular flexibility index (Phi) is 3.02. The maximum Gasteiger partial charge on any atom is 0.201 e. The van der Waals surface area contributed by atoms with Gasteiger partial charge in [-0.05, 0) is 32.0 Å². The van der Waals surface area contributed by atoms with E-state index in [1.165, 1.54) is 21.3 Å². The van der Waals surface area contributed by atoms with Gasteiger partial charge in [0.15, 0.2) is 11.8 Å². The molecule has 0 aliphatic rings. The first-order valence-electron chi connectivity index (χ1n) is 6.71. The van der Waals surface area contributed by atoms with Gasteiger partial charge in [-0.2, -0.15) is 0 Å². The van der Waals surface area contributed by atoms with Crippen LogP contribution in [0.15, 0.2) is 36.4 Å². The summed E-state index contributed by atoms with van der Waals surface area (Å²) in [5.74, 6) is -0.313. The molecule has 0 fully saturated rings. The number of rotatable bonds is 2. The Morgan fingerprint density at radius 1 is 0.682 bits per heavy atom. The summed E-state index contributed by atoms with van der Waals surface area (Å²) < 4.78 is 2.56. The minimum absolute atomic E-state index is 0.0632. The minimum Gasteiger partial charge on any atom is -0.494 e. The van der Waals surface area contributed by atoms with Gasteiger partial charge < -0.3 is 20.4 Å². The molecule has 2 aromatic heterocycles. The SMILES string of the molecule is Cc1cc(O)n(-c2cccc(-n3c(O)cc(C)c3O)c2)c1O. The van der Waals surface area contributed by atoms with Crippen molar-refractivity contribution in [1.82, 2.24) is 9.13 Å². The zero-order chi connectivity index (χ0) is 16.0. The van der Waals surface area contributed by atoms with Crippen LogP contribution in [0.4, 0.5) is 0 Å². The van der Waals surface area contributed by atoms with Crippen molar-refractivity contribution >= 4 is 0 Å². The van der Waals surface area contributed by atoms with Crippen molar-refractivity contribution in [2.45, 2.75) is 13.8 Å². The standard InChI is InChI=1S/C16H16N2O4/c1-9-6-13(19)17(15(9)21)11-4-3-5-12(8-11)18-14(20)7-10(2)16(18)22/h3-8,19-22H,1-2H3. The van der Waals surface area contributed by atoms with Crippen LogP contribution in [0, 0.1) is 13.8 Å². The third-order valence-electron chi connectivity index (χ3n) is 3.62. The van der Waals surface area contributed by atoms with Crippen LogP contribution >= 0.6 is 0 Å². The van der Waals surface area contributed by atoms with Crippen LogP contribution in [-0.2, 0) is 0 Å². The van der Waals surface area contributed by atoms with Gasteiger partial charge in [0.05, 0.1) is 11.4 Å². The third-order valence-corrected chi connectivity index (χ3v) is 3.62. The molecule has 4 N–H and O–H groups in total. The van der Waals surface area contributed by atoms with Crippen molar-refractivity contribution < 1.29 is 20.4 Å². The van der Waals surface area contributed by atoms with Gasteiger partial charge in [-0.25, -0.2) is 0 Å². The molecule has 6 heteroatoms. The van der Waals surface area contributed by atoms with Crippen LogP contribution in [0.2, 0.25) is 0 Å². The lowest BCUT2D eigenvalue weighted by Crippen LogP contribution is -1.97. The van der Waals surface area contributed by atoms with Crippen LogP contribution in [-0.4, -0.2) is 29.6 Å². The first kappa shape index (κ1) is 13.9. The molecule has 0 spiro atoms. The van der Waals surface area contributed by atoms with Crippen LogP contribution in [0.5, 0.6) is 23.5 Å². The zero-order valence-corrected chi connectivity index (χ0v) is 12.1. The molecular weight excluding hydrogens is 284 g/mol. The largest absolute Gasteiger partial charge is 0.494 e. The number of hydrogen-bond donors (Lipinski definition) is 4. The second-order valence-electron chi connectivity index (χ2n) is 5.21. The molecule has 1 aromatic carbocycles. The van der Waals surface area contributed by atoms with E-state index in [9.17, 15) is 20.4 Å². The predicted octanol–water partition coefficient (Wildman–Crippen LogP) is 2.71. The lowest BCUT2D eigenvalue weighted by molar-refractivity contribution is 0.400. The van der Waals surface area contributed by atoms with E-state index in [1.54, 1.807) is 38.1 Å². The van der Waals surface area contributed by atoms with Crippen LogP contribution in [0.25, 0.3) is 11.4 Å². The van der Waals surface area contributed by atoms with Gasteiger partial charge in [0, 0.05) is 23.3 Å². The molecule has 0 bridgehead atoms. The molecule has 6 nitrogen and oxygen atoms in total. The Hall–Kier alpha value is -3.02. The first-order valence-corrected chi connectivity index (χ1v) is 6.71. The number of nitrogens with zero attached hydrogens (tertiary/aromatic N) is 2. The van der Waals surface area contributed by atoms with Crippen molar-refractivity contribution in [3.8, 4) is 34.9 Å². The number of aryl methyl sites for hydroxylation is 2. The maximum atomic E-state index is 10.0. The van der Waals surface area contributed by atoms with Crippen molar-refractivity contribution in [2.75, 3.05) is 0 Å². The average Bonchev–Trinajstić information content (AvgIpc) is 2.86. The molecule has 0 atom stereocenters. The van der Waals surface area contributed by atoms with Crippen LogP contribution in [0.3, 0.4) is 0 Å². The summed E-state index contributed by atoms with van der Waals surface area (Å²) >= 11 is 0. The normalized spacial score (nSPS) is 11.0. The second-order valence-corrected chi connectivity index (χ2v) is 5.21. The Labute approximate surface area is 126 Å². The summed E-state index contributed by atoms with van der Waals surface area (Å²) in [4.78, 5) is 0. The fraction of sp³-hybridized carbons (Fsp3) is 0.125. The van der Waals surface area contributed by atoms with Gasteiger partial charge in [-0.3, -0.25) is 9.13 Å². The second kappa shape index (κ2) is 4.77. The van der Waals surface area contributed by atoms with Gasteiger partial charge in [0.25, 0.3) is 0 Å². The number of hydrogen-bond acceptors (Lipinski definition) is 4. The molecule has 2 heterocycles. The van der Waals surface area contributed by atoms with Gasteiger partial charge in [0.2, 0.25) is 11.8 Å². The highest BCUT2D eigenvalue weighted by atomic mass is 16.3. The highest BCUT2D eigenvalue weighted by molar-refractivity contribution is 5.54. The molecule has 0 radical (unpaired) electrons.